The Morgan fingerprint density at radius 2 is 1.67 bits per heavy atom. The molecule has 74 valence electrons. The first kappa shape index (κ1) is 11.6. The fourth-order valence-electron chi connectivity index (χ4n) is 0.764. The van der Waals surface area contributed by atoms with E-state index in [1.807, 2.05) is 0 Å². The summed E-state index contributed by atoms with van der Waals surface area (Å²) in [6.07, 6.45) is -8.39. The molecule has 0 aliphatic rings. The molecule has 0 N–H and O–H groups in total. The zero-order chi connectivity index (χ0) is 9.78. The van der Waals surface area contributed by atoms with E-state index in [0.29, 0.717) is 0 Å². The number of methoxy groups -OCH3 is 2. The molecule has 2 atom stereocenters. The van der Waals surface area contributed by atoms with Gasteiger partial charge in [-0.15, -0.1) is 0 Å². The van der Waals surface area contributed by atoms with Crippen LogP contribution in [0.3, 0.4) is 0 Å². The van der Waals surface area contributed by atoms with E-state index in [9.17, 15) is 17.6 Å². The van der Waals surface area contributed by atoms with Gasteiger partial charge in [-0.2, -0.15) is 13.2 Å². The van der Waals surface area contributed by atoms with Crippen molar-refractivity contribution in [3.05, 3.63) is 0 Å². The van der Waals surface area contributed by atoms with Crippen LogP contribution >= 0.6 is 0 Å². The summed E-state index contributed by atoms with van der Waals surface area (Å²) in [6.45, 7) is -1.23. The van der Waals surface area contributed by atoms with Gasteiger partial charge in [0.25, 0.3) is 0 Å². The number of halogens is 4. The molecule has 0 saturated heterocycles. The number of ether oxygens (including phenoxy) is 2. The van der Waals surface area contributed by atoms with E-state index in [1.165, 1.54) is 0 Å². The maximum atomic E-state index is 12.0. The largest absolute Gasteiger partial charge is 0.417 e. The van der Waals surface area contributed by atoms with Crippen LogP contribution in [0.4, 0.5) is 17.6 Å². The molecule has 0 aliphatic carbocycles. The number of rotatable bonds is 4. The van der Waals surface area contributed by atoms with Crippen molar-refractivity contribution in [3.63, 3.8) is 0 Å². The van der Waals surface area contributed by atoms with Crippen molar-refractivity contribution >= 4 is 0 Å². The van der Waals surface area contributed by atoms with Crippen molar-refractivity contribution in [3.8, 4) is 0 Å². The molecule has 0 aromatic carbocycles. The van der Waals surface area contributed by atoms with Gasteiger partial charge in [-0.1, -0.05) is 0 Å². The fourth-order valence-corrected chi connectivity index (χ4v) is 0.764. The third-order valence-corrected chi connectivity index (χ3v) is 1.37. The monoisotopic (exact) mass is 190 g/mol. The Balaban J connectivity index is 4.31. The quantitative estimate of drug-likeness (QED) is 0.626. The number of hydrogen-bond acceptors (Lipinski definition) is 2. The third-order valence-electron chi connectivity index (χ3n) is 1.37. The van der Waals surface area contributed by atoms with E-state index < -0.39 is 25.1 Å². The molecule has 0 rings (SSSR count). The molecule has 2 nitrogen and oxygen atoms in total. The summed E-state index contributed by atoms with van der Waals surface area (Å²) in [6, 6.07) is 0. The molecule has 0 aromatic heterocycles. The minimum absolute atomic E-state index is 0.861. The first-order chi connectivity index (χ1) is 5.47. The highest BCUT2D eigenvalue weighted by molar-refractivity contribution is 4.76. The molecule has 0 aromatic rings. The lowest BCUT2D eigenvalue weighted by atomic mass is 10.2. The summed E-state index contributed by atoms with van der Waals surface area (Å²) in [5, 5.41) is 0. The maximum absolute atomic E-state index is 12.0. The molecule has 0 radical (unpaired) electrons. The topological polar surface area (TPSA) is 18.5 Å². The van der Waals surface area contributed by atoms with Gasteiger partial charge in [0.15, 0.2) is 6.10 Å². The molecule has 2 unspecified atom stereocenters. The van der Waals surface area contributed by atoms with Crippen molar-refractivity contribution in [2.45, 2.75) is 18.4 Å². The van der Waals surface area contributed by atoms with Crippen molar-refractivity contribution in [2.24, 2.45) is 0 Å². The van der Waals surface area contributed by atoms with Gasteiger partial charge in [-0.3, -0.25) is 0 Å². The lowest BCUT2D eigenvalue weighted by molar-refractivity contribution is -0.243. The van der Waals surface area contributed by atoms with Gasteiger partial charge in [-0.25, -0.2) is 4.39 Å². The smallest absolute Gasteiger partial charge is 0.376 e. The summed E-state index contributed by atoms with van der Waals surface area (Å²) in [5.74, 6) is 0. The Labute approximate surface area is 67.5 Å². The number of alkyl halides is 4. The highest BCUT2D eigenvalue weighted by Crippen LogP contribution is 2.26. The molecule has 0 saturated carbocycles. The van der Waals surface area contributed by atoms with E-state index in [2.05, 4.69) is 9.47 Å². The summed E-state index contributed by atoms with van der Waals surface area (Å²) in [4.78, 5) is 0. The van der Waals surface area contributed by atoms with Gasteiger partial charge in [0.2, 0.25) is 0 Å². The molecule has 0 bridgehead atoms. The standard InChI is InChI=1S/C6H10F4O2/c1-11-4(3-7)5(12-2)6(8,9)10/h4-5H,3H2,1-2H3. The molecule has 0 amide bonds. The molecule has 12 heavy (non-hydrogen) atoms. The molecule has 0 spiro atoms. The van der Waals surface area contributed by atoms with Gasteiger partial charge < -0.3 is 9.47 Å². The van der Waals surface area contributed by atoms with Crippen LogP contribution in [0, 0.1) is 0 Å². The molecular formula is C6H10F4O2. The van der Waals surface area contributed by atoms with Crippen LogP contribution in [0.1, 0.15) is 0 Å². The Hall–Kier alpha value is -0.360. The Kier molecular flexibility index (Phi) is 4.47. The van der Waals surface area contributed by atoms with Crippen LogP contribution in [0.25, 0.3) is 0 Å². The van der Waals surface area contributed by atoms with E-state index >= 15 is 0 Å². The van der Waals surface area contributed by atoms with Crippen LogP contribution in [0.15, 0.2) is 0 Å². The van der Waals surface area contributed by atoms with Gasteiger partial charge in [0.1, 0.15) is 12.8 Å². The molecule has 0 heterocycles. The second kappa shape index (κ2) is 4.61. The van der Waals surface area contributed by atoms with Crippen molar-refractivity contribution < 1.29 is 27.0 Å². The minimum Gasteiger partial charge on any atom is -0.376 e. The van der Waals surface area contributed by atoms with Crippen LogP contribution in [0.5, 0.6) is 0 Å². The fraction of sp³-hybridized carbons (Fsp3) is 1.00. The van der Waals surface area contributed by atoms with E-state index in [4.69, 9.17) is 0 Å². The van der Waals surface area contributed by atoms with Gasteiger partial charge in [0.05, 0.1) is 0 Å². The molecule has 6 heteroatoms. The van der Waals surface area contributed by atoms with E-state index in [-0.39, 0.29) is 0 Å². The Bertz CT molecular complexity index is 121. The van der Waals surface area contributed by atoms with Crippen LogP contribution in [-0.2, 0) is 9.47 Å². The highest BCUT2D eigenvalue weighted by Gasteiger charge is 2.45. The van der Waals surface area contributed by atoms with Crippen molar-refractivity contribution in [2.75, 3.05) is 20.9 Å². The number of hydrogen-bond donors (Lipinski definition) is 0. The van der Waals surface area contributed by atoms with Crippen molar-refractivity contribution in [1.29, 1.82) is 0 Å². The first-order valence-corrected chi connectivity index (χ1v) is 3.15. The van der Waals surface area contributed by atoms with E-state index in [1.54, 1.807) is 0 Å². The van der Waals surface area contributed by atoms with Crippen LogP contribution in [-0.4, -0.2) is 39.3 Å². The SMILES string of the molecule is COC(CF)C(OC)C(F)(F)F. The second-order valence-electron chi connectivity index (χ2n) is 2.13. The Morgan fingerprint density at radius 3 is 1.75 bits per heavy atom. The molecular weight excluding hydrogens is 180 g/mol. The summed E-state index contributed by atoms with van der Waals surface area (Å²) >= 11 is 0. The predicted molar refractivity (Wildman–Crippen MR) is 33.6 cm³/mol. The first-order valence-electron chi connectivity index (χ1n) is 3.15. The average Bonchev–Trinajstić information content (AvgIpc) is 1.97. The second-order valence-corrected chi connectivity index (χ2v) is 2.13. The van der Waals surface area contributed by atoms with E-state index in [0.717, 1.165) is 14.2 Å². The average molecular weight is 190 g/mol. The van der Waals surface area contributed by atoms with Crippen molar-refractivity contribution in [1.82, 2.24) is 0 Å². The molecule has 0 fully saturated rings. The lowest BCUT2D eigenvalue weighted by Gasteiger charge is -2.24. The van der Waals surface area contributed by atoms with Gasteiger partial charge in [0, 0.05) is 14.2 Å². The van der Waals surface area contributed by atoms with Gasteiger partial charge >= 0.3 is 6.18 Å². The minimum atomic E-state index is -4.60. The Morgan fingerprint density at radius 1 is 1.17 bits per heavy atom. The van der Waals surface area contributed by atoms with Crippen LogP contribution in [0.2, 0.25) is 0 Å². The maximum Gasteiger partial charge on any atom is 0.417 e. The van der Waals surface area contributed by atoms with Crippen LogP contribution < -0.4 is 0 Å². The zero-order valence-electron chi connectivity index (χ0n) is 6.69. The third kappa shape index (κ3) is 2.94. The predicted octanol–water partition coefficient (Wildman–Crippen LogP) is 1.55. The summed E-state index contributed by atoms with van der Waals surface area (Å²) < 4.78 is 56.2. The summed E-state index contributed by atoms with van der Waals surface area (Å²) in [5.41, 5.74) is 0. The summed E-state index contributed by atoms with van der Waals surface area (Å²) in [7, 11) is 1.86. The highest BCUT2D eigenvalue weighted by atomic mass is 19.4. The lowest BCUT2D eigenvalue weighted by Crippen LogP contribution is -2.43. The molecule has 0 aliphatic heterocycles. The van der Waals surface area contributed by atoms with Gasteiger partial charge in [-0.05, 0) is 0 Å². The normalized spacial score (nSPS) is 17.5. The zero-order valence-corrected chi connectivity index (χ0v) is 6.69.